The molecule has 2 rings (SSSR count). The first-order valence-electron chi connectivity index (χ1n) is 7.10. The molecule has 0 saturated carbocycles. The zero-order valence-electron chi connectivity index (χ0n) is 12.6. The van der Waals surface area contributed by atoms with Crippen LogP contribution in [0.2, 0.25) is 0 Å². The monoisotopic (exact) mass is 329 g/mol. The lowest BCUT2D eigenvalue weighted by atomic mass is 10.2. The van der Waals surface area contributed by atoms with Crippen LogP contribution in [0.1, 0.15) is 26.7 Å². The molecule has 0 radical (unpaired) electrons. The third kappa shape index (κ3) is 3.46. The number of likely N-dealkylation sites (tertiary alicyclic amines) is 1. The van der Waals surface area contributed by atoms with Gasteiger partial charge in [0.1, 0.15) is 6.54 Å². The predicted octanol–water partition coefficient (Wildman–Crippen LogP) is 0.0771. The summed E-state index contributed by atoms with van der Waals surface area (Å²) in [4.78, 5) is 25.5. The Bertz CT molecular complexity index is 632. The molecule has 0 atom stereocenters. The van der Waals surface area contributed by atoms with Crippen molar-refractivity contribution in [3.8, 4) is 0 Å². The molecule has 2 aliphatic heterocycles. The Kier molecular flexibility index (Phi) is 4.84. The van der Waals surface area contributed by atoms with E-state index >= 15 is 0 Å². The third-order valence-corrected chi connectivity index (χ3v) is 4.79. The molecule has 1 amide bonds. The number of carbonyl (C=O) groups is 2. The summed E-state index contributed by atoms with van der Waals surface area (Å²) in [7, 11) is -3.99. The Labute approximate surface area is 129 Å². The van der Waals surface area contributed by atoms with Crippen LogP contribution in [-0.4, -0.2) is 61.5 Å². The van der Waals surface area contributed by atoms with Crippen molar-refractivity contribution in [2.75, 3.05) is 26.2 Å². The van der Waals surface area contributed by atoms with Crippen LogP contribution in [-0.2, 0) is 24.5 Å². The van der Waals surface area contributed by atoms with Gasteiger partial charge in [-0.2, -0.15) is 8.42 Å². The highest BCUT2D eigenvalue weighted by molar-refractivity contribution is 7.88. The van der Waals surface area contributed by atoms with E-state index in [1.165, 1.54) is 6.92 Å². The zero-order chi connectivity index (χ0) is 16.3. The Balaban J connectivity index is 2.20. The molecule has 0 N–H and O–H groups in total. The first kappa shape index (κ1) is 16.5. The second kappa shape index (κ2) is 6.47. The molecule has 0 spiro atoms. The van der Waals surface area contributed by atoms with Crippen molar-refractivity contribution in [3.05, 3.63) is 11.8 Å². The lowest BCUT2D eigenvalue weighted by Gasteiger charge is -2.25. The van der Waals surface area contributed by atoms with Crippen LogP contribution >= 0.6 is 0 Å². The Hall–Kier alpha value is -1.90. The van der Waals surface area contributed by atoms with Crippen molar-refractivity contribution in [3.63, 3.8) is 0 Å². The molecule has 0 bridgehead atoms. The standard InChI is InChI=1S/C13H19N3O5S/c1-3-21-13(18)11-8-16(22(19,20)14-10(11)2)9-12(17)15-6-4-5-7-15/h8H,3-7,9H2,1-2H3. The van der Waals surface area contributed by atoms with E-state index in [-0.39, 0.29) is 30.3 Å². The molecule has 0 unspecified atom stereocenters. The maximum atomic E-state index is 12.1. The molecule has 0 aliphatic carbocycles. The summed E-state index contributed by atoms with van der Waals surface area (Å²) in [5.41, 5.74) is 0.106. The normalized spacial score (nSPS) is 20.5. The second-order valence-electron chi connectivity index (χ2n) is 5.05. The van der Waals surface area contributed by atoms with Gasteiger partial charge in [0.2, 0.25) is 5.91 Å². The van der Waals surface area contributed by atoms with E-state index in [9.17, 15) is 18.0 Å². The maximum absolute atomic E-state index is 12.1. The Morgan fingerprint density at radius 2 is 1.95 bits per heavy atom. The summed E-state index contributed by atoms with van der Waals surface area (Å²) in [5.74, 6) is -0.951. The van der Waals surface area contributed by atoms with Crippen LogP contribution in [0.3, 0.4) is 0 Å². The van der Waals surface area contributed by atoms with Gasteiger partial charge >= 0.3 is 16.2 Å². The predicted molar refractivity (Wildman–Crippen MR) is 79.3 cm³/mol. The van der Waals surface area contributed by atoms with Crippen molar-refractivity contribution >= 4 is 27.8 Å². The molecule has 0 aromatic carbocycles. The van der Waals surface area contributed by atoms with Gasteiger partial charge in [0.05, 0.1) is 17.9 Å². The molecule has 22 heavy (non-hydrogen) atoms. The van der Waals surface area contributed by atoms with E-state index in [0.717, 1.165) is 23.3 Å². The smallest absolute Gasteiger partial charge is 0.344 e. The average Bonchev–Trinajstić information content (AvgIpc) is 2.95. The molecule has 2 heterocycles. The number of hydrogen-bond donors (Lipinski definition) is 0. The molecule has 1 fully saturated rings. The molecular formula is C13H19N3O5S. The van der Waals surface area contributed by atoms with Crippen molar-refractivity contribution in [2.24, 2.45) is 4.40 Å². The summed E-state index contributed by atoms with van der Waals surface area (Å²) in [5, 5.41) is 0. The summed E-state index contributed by atoms with van der Waals surface area (Å²) in [6.45, 7) is 4.14. The average molecular weight is 329 g/mol. The first-order chi connectivity index (χ1) is 10.3. The SMILES string of the molecule is CCOC(=O)C1=CN(CC(=O)N2CCCC2)S(=O)(=O)N=C1C. The van der Waals surface area contributed by atoms with Crippen LogP contribution in [0.15, 0.2) is 16.2 Å². The molecule has 0 aromatic rings. The van der Waals surface area contributed by atoms with E-state index in [2.05, 4.69) is 4.40 Å². The van der Waals surface area contributed by atoms with Gasteiger partial charge in [-0.3, -0.25) is 4.79 Å². The van der Waals surface area contributed by atoms with E-state index in [1.807, 2.05) is 0 Å². The van der Waals surface area contributed by atoms with E-state index in [1.54, 1.807) is 11.8 Å². The van der Waals surface area contributed by atoms with Gasteiger partial charge in [-0.25, -0.2) is 9.10 Å². The largest absolute Gasteiger partial charge is 0.462 e. The maximum Gasteiger partial charge on any atom is 0.344 e. The van der Waals surface area contributed by atoms with Crippen molar-refractivity contribution in [1.82, 2.24) is 9.21 Å². The lowest BCUT2D eigenvalue weighted by Crippen LogP contribution is -2.41. The van der Waals surface area contributed by atoms with Crippen LogP contribution in [0.4, 0.5) is 0 Å². The van der Waals surface area contributed by atoms with E-state index < -0.39 is 16.2 Å². The molecule has 122 valence electrons. The molecule has 8 nitrogen and oxygen atoms in total. The number of nitrogens with zero attached hydrogens (tertiary/aromatic N) is 3. The van der Waals surface area contributed by atoms with Gasteiger partial charge in [0, 0.05) is 19.3 Å². The van der Waals surface area contributed by atoms with Gasteiger partial charge in [0.15, 0.2) is 0 Å². The summed E-state index contributed by atoms with van der Waals surface area (Å²) in [6.07, 6.45) is 2.96. The summed E-state index contributed by atoms with van der Waals surface area (Å²) < 4.78 is 33.3. The fraction of sp³-hybridized carbons (Fsp3) is 0.615. The van der Waals surface area contributed by atoms with E-state index in [0.29, 0.717) is 13.1 Å². The lowest BCUT2D eigenvalue weighted by molar-refractivity contribution is -0.138. The van der Waals surface area contributed by atoms with Crippen LogP contribution < -0.4 is 0 Å². The third-order valence-electron chi connectivity index (χ3n) is 3.46. The van der Waals surface area contributed by atoms with Gasteiger partial charge in [-0.05, 0) is 26.7 Å². The molecule has 0 aromatic heterocycles. The Morgan fingerprint density at radius 1 is 1.32 bits per heavy atom. The summed E-state index contributed by atoms with van der Waals surface area (Å²) in [6, 6.07) is 0. The minimum atomic E-state index is -3.99. The quantitative estimate of drug-likeness (QED) is 0.680. The van der Waals surface area contributed by atoms with Gasteiger partial charge in [0.25, 0.3) is 0 Å². The highest BCUT2D eigenvalue weighted by Gasteiger charge is 2.31. The van der Waals surface area contributed by atoms with Gasteiger partial charge in [-0.15, -0.1) is 4.40 Å². The second-order valence-corrected chi connectivity index (χ2v) is 6.60. The minimum absolute atomic E-state index is 0.0471. The number of hydrogen-bond acceptors (Lipinski definition) is 5. The molecular weight excluding hydrogens is 310 g/mol. The number of rotatable bonds is 4. The highest BCUT2D eigenvalue weighted by Crippen LogP contribution is 2.18. The zero-order valence-corrected chi connectivity index (χ0v) is 13.4. The number of esters is 1. The van der Waals surface area contributed by atoms with Crippen LogP contribution in [0, 0.1) is 0 Å². The fourth-order valence-corrected chi connectivity index (χ4v) is 3.38. The minimum Gasteiger partial charge on any atom is -0.462 e. The van der Waals surface area contributed by atoms with Crippen molar-refractivity contribution in [2.45, 2.75) is 26.7 Å². The molecule has 2 aliphatic rings. The number of ether oxygens (including phenoxy) is 1. The van der Waals surface area contributed by atoms with Crippen LogP contribution in [0.25, 0.3) is 0 Å². The molecule has 1 saturated heterocycles. The highest BCUT2D eigenvalue weighted by atomic mass is 32.2. The van der Waals surface area contributed by atoms with Crippen molar-refractivity contribution < 1.29 is 22.7 Å². The summed E-state index contributed by atoms with van der Waals surface area (Å²) >= 11 is 0. The number of carbonyl (C=O) groups excluding carboxylic acids is 2. The number of amides is 1. The van der Waals surface area contributed by atoms with Crippen LogP contribution in [0.5, 0.6) is 0 Å². The molecule has 9 heteroatoms. The topological polar surface area (TPSA) is 96.4 Å². The first-order valence-corrected chi connectivity index (χ1v) is 8.50. The Morgan fingerprint density at radius 3 is 2.55 bits per heavy atom. The van der Waals surface area contributed by atoms with Gasteiger partial charge in [-0.1, -0.05) is 0 Å². The van der Waals surface area contributed by atoms with Gasteiger partial charge < -0.3 is 9.64 Å². The van der Waals surface area contributed by atoms with Crippen molar-refractivity contribution in [1.29, 1.82) is 0 Å². The van der Waals surface area contributed by atoms with E-state index in [4.69, 9.17) is 4.74 Å². The fourth-order valence-electron chi connectivity index (χ4n) is 2.31.